The first-order valence-electron chi connectivity index (χ1n) is 10.1. The van der Waals surface area contributed by atoms with Gasteiger partial charge in [0, 0.05) is 31.2 Å². The Morgan fingerprint density at radius 1 is 1.00 bits per heavy atom. The molecule has 12 heteroatoms. The quantitative estimate of drug-likeness (QED) is 0.376. The molecule has 1 heterocycles. The molecule has 0 aliphatic carbocycles. The van der Waals surface area contributed by atoms with Gasteiger partial charge in [-0.2, -0.15) is 26.3 Å². The van der Waals surface area contributed by atoms with Gasteiger partial charge in [-0.1, -0.05) is 18.2 Å². The van der Waals surface area contributed by atoms with Gasteiger partial charge in [0.1, 0.15) is 0 Å². The first-order chi connectivity index (χ1) is 15.3. The SMILES string of the molecule is FC(F)(F)CCCN(Cc1ccccc1C(F)(F)F)C1CCNCC1.O=C(O)C=CC(=O)O. The fraction of sp³-hybridized carbons (Fsp3) is 0.524. The molecule has 1 aliphatic rings. The molecule has 1 aliphatic heterocycles. The van der Waals surface area contributed by atoms with Crippen molar-refractivity contribution in [3.8, 4) is 0 Å². The Morgan fingerprint density at radius 3 is 2.03 bits per heavy atom. The van der Waals surface area contributed by atoms with Crippen molar-refractivity contribution in [1.82, 2.24) is 10.2 Å². The highest BCUT2D eigenvalue weighted by Crippen LogP contribution is 2.33. The first kappa shape index (κ1) is 28.4. The van der Waals surface area contributed by atoms with Crippen LogP contribution in [0.5, 0.6) is 0 Å². The number of carboxylic acids is 2. The number of nitrogens with zero attached hydrogens (tertiary/aromatic N) is 1. The summed E-state index contributed by atoms with van der Waals surface area (Å²) >= 11 is 0. The van der Waals surface area contributed by atoms with Gasteiger partial charge in [0.25, 0.3) is 0 Å². The van der Waals surface area contributed by atoms with Crippen molar-refractivity contribution in [2.45, 2.75) is 50.6 Å². The number of hydrogen-bond acceptors (Lipinski definition) is 4. The number of hydrogen-bond donors (Lipinski definition) is 3. The van der Waals surface area contributed by atoms with Crippen LogP contribution < -0.4 is 5.32 Å². The van der Waals surface area contributed by atoms with Crippen molar-refractivity contribution >= 4 is 11.9 Å². The molecule has 0 bridgehead atoms. The van der Waals surface area contributed by atoms with E-state index in [2.05, 4.69) is 5.32 Å². The molecular weight excluding hydrogens is 458 g/mol. The summed E-state index contributed by atoms with van der Waals surface area (Å²) < 4.78 is 76.8. The highest BCUT2D eigenvalue weighted by atomic mass is 19.4. The summed E-state index contributed by atoms with van der Waals surface area (Å²) in [5.41, 5.74) is -0.606. The number of piperidine rings is 1. The molecular formula is C21H26F6N2O4. The van der Waals surface area contributed by atoms with Crippen LogP contribution in [0.4, 0.5) is 26.3 Å². The molecule has 3 N–H and O–H groups in total. The second-order valence-electron chi connectivity index (χ2n) is 7.34. The van der Waals surface area contributed by atoms with Crippen LogP contribution in [-0.4, -0.2) is 58.9 Å². The van der Waals surface area contributed by atoms with Gasteiger partial charge in [-0.15, -0.1) is 0 Å². The van der Waals surface area contributed by atoms with Crippen LogP contribution in [-0.2, 0) is 22.3 Å². The van der Waals surface area contributed by atoms with Gasteiger partial charge in [0.2, 0.25) is 0 Å². The standard InChI is InChI=1S/C17H22F6N2.C4H4O4/c18-16(19,20)8-3-11-25(14-6-9-24-10-7-14)12-13-4-1-2-5-15(13)17(21,22)23;5-3(6)1-2-4(7)8/h1-2,4-5,14,24H,3,6-12H2;1-2H,(H,5,6)(H,7,8). The van der Waals surface area contributed by atoms with Crippen molar-refractivity contribution in [2.75, 3.05) is 19.6 Å². The smallest absolute Gasteiger partial charge is 0.416 e. The summed E-state index contributed by atoms with van der Waals surface area (Å²) in [6, 6.07) is 5.27. The highest BCUT2D eigenvalue weighted by Gasteiger charge is 2.34. The summed E-state index contributed by atoms with van der Waals surface area (Å²) in [6.07, 6.45) is -7.19. The summed E-state index contributed by atoms with van der Waals surface area (Å²) in [6.45, 7) is 1.59. The number of rotatable bonds is 8. The van der Waals surface area contributed by atoms with Crippen molar-refractivity contribution in [3.63, 3.8) is 0 Å². The number of carbonyl (C=O) groups is 2. The normalized spacial score (nSPS) is 15.4. The molecule has 1 aromatic rings. The van der Waals surface area contributed by atoms with E-state index >= 15 is 0 Å². The van der Waals surface area contributed by atoms with Crippen LogP contribution in [0.3, 0.4) is 0 Å². The Labute approximate surface area is 186 Å². The molecule has 0 atom stereocenters. The fourth-order valence-electron chi connectivity index (χ4n) is 3.34. The molecule has 1 saturated heterocycles. The lowest BCUT2D eigenvalue weighted by Gasteiger charge is -2.35. The molecule has 33 heavy (non-hydrogen) atoms. The van der Waals surface area contributed by atoms with Crippen LogP contribution in [0.2, 0.25) is 0 Å². The number of alkyl halides is 6. The molecule has 0 aromatic heterocycles. The van der Waals surface area contributed by atoms with Gasteiger partial charge in [-0.3, -0.25) is 4.90 Å². The average Bonchev–Trinajstić information content (AvgIpc) is 2.71. The minimum absolute atomic E-state index is 0.00391. The van der Waals surface area contributed by atoms with E-state index in [9.17, 15) is 35.9 Å². The van der Waals surface area contributed by atoms with Crippen molar-refractivity contribution < 1.29 is 46.1 Å². The molecule has 0 radical (unpaired) electrons. The lowest BCUT2D eigenvalue weighted by atomic mass is 10.0. The summed E-state index contributed by atoms with van der Waals surface area (Å²) in [4.78, 5) is 20.9. The van der Waals surface area contributed by atoms with Crippen LogP contribution in [0.15, 0.2) is 36.4 Å². The van der Waals surface area contributed by atoms with Gasteiger partial charge in [0.15, 0.2) is 0 Å². The molecule has 186 valence electrons. The maximum Gasteiger partial charge on any atom is 0.416 e. The second-order valence-corrected chi connectivity index (χ2v) is 7.34. The number of halogens is 6. The van der Waals surface area contributed by atoms with Crippen molar-refractivity contribution in [3.05, 3.63) is 47.5 Å². The summed E-state index contributed by atoms with van der Waals surface area (Å²) in [5.74, 6) is -2.51. The van der Waals surface area contributed by atoms with Gasteiger partial charge in [-0.05, 0) is 50.5 Å². The number of nitrogens with one attached hydrogen (secondary N) is 1. The van der Waals surface area contributed by atoms with Gasteiger partial charge >= 0.3 is 24.3 Å². The summed E-state index contributed by atoms with van der Waals surface area (Å²) in [5, 5.41) is 18.8. The minimum Gasteiger partial charge on any atom is -0.478 e. The maximum atomic E-state index is 13.2. The molecule has 1 aromatic carbocycles. The lowest BCUT2D eigenvalue weighted by Crippen LogP contribution is -2.43. The van der Waals surface area contributed by atoms with E-state index in [0.29, 0.717) is 12.2 Å². The van der Waals surface area contributed by atoms with E-state index < -0.39 is 36.3 Å². The predicted octanol–water partition coefficient (Wildman–Crippen LogP) is 4.31. The van der Waals surface area contributed by atoms with Crippen molar-refractivity contribution in [2.24, 2.45) is 0 Å². The predicted molar refractivity (Wildman–Crippen MR) is 107 cm³/mol. The molecule has 0 spiro atoms. The zero-order valence-electron chi connectivity index (χ0n) is 17.6. The van der Waals surface area contributed by atoms with E-state index in [1.807, 2.05) is 0 Å². The first-order valence-corrected chi connectivity index (χ1v) is 10.1. The molecule has 2 rings (SSSR count). The molecule has 6 nitrogen and oxygen atoms in total. The van der Waals surface area contributed by atoms with E-state index in [4.69, 9.17) is 10.2 Å². The van der Waals surface area contributed by atoms with E-state index in [1.54, 1.807) is 4.90 Å². The molecule has 0 unspecified atom stereocenters. The third-order valence-electron chi connectivity index (χ3n) is 4.80. The Kier molecular flexibility index (Phi) is 11.4. The zero-order chi connectivity index (χ0) is 25.1. The minimum atomic E-state index is -4.47. The molecule has 1 fully saturated rings. The van der Waals surface area contributed by atoms with E-state index in [-0.39, 0.29) is 31.1 Å². The van der Waals surface area contributed by atoms with Crippen LogP contribution >= 0.6 is 0 Å². The lowest BCUT2D eigenvalue weighted by molar-refractivity contribution is -0.138. The largest absolute Gasteiger partial charge is 0.478 e. The number of aliphatic carboxylic acids is 2. The van der Waals surface area contributed by atoms with Crippen LogP contribution in [0.1, 0.15) is 36.8 Å². The van der Waals surface area contributed by atoms with E-state index in [1.165, 1.54) is 18.2 Å². The average molecular weight is 484 g/mol. The Balaban J connectivity index is 0.000000582. The topological polar surface area (TPSA) is 89.9 Å². The Hall–Kier alpha value is -2.60. The maximum absolute atomic E-state index is 13.2. The van der Waals surface area contributed by atoms with Gasteiger partial charge in [0.05, 0.1) is 5.56 Å². The zero-order valence-corrected chi connectivity index (χ0v) is 17.6. The summed E-state index contributed by atoms with van der Waals surface area (Å²) in [7, 11) is 0. The second kappa shape index (κ2) is 13.2. The van der Waals surface area contributed by atoms with Crippen LogP contribution in [0.25, 0.3) is 0 Å². The number of carboxylic acid groups (broad SMARTS) is 2. The van der Waals surface area contributed by atoms with Gasteiger partial charge < -0.3 is 15.5 Å². The fourth-order valence-corrected chi connectivity index (χ4v) is 3.34. The van der Waals surface area contributed by atoms with Gasteiger partial charge in [-0.25, -0.2) is 9.59 Å². The van der Waals surface area contributed by atoms with Crippen LogP contribution in [0, 0.1) is 0 Å². The third-order valence-corrected chi connectivity index (χ3v) is 4.80. The van der Waals surface area contributed by atoms with E-state index in [0.717, 1.165) is 32.0 Å². The third kappa shape index (κ3) is 12.3. The monoisotopic (exact) mass is 484 g/mol. The molecule has 0 amide bonds. The highest BCUT2D eigenvalue weighted by molar-refractivity contribution is 5.89. The Bertz CT molecular complexity index is 774. The van der Waals surface area contributed by atoms with Crippen molar-refractivity contribution in [1.29, 1.82) is 0 Å². The molecule has 0 saturated carbocycles. The number of benzene rings is 1. The Morgan fingerprint density at radius 2 is 1.55 bits per heavy atom.